The summed E-state index contributed by atoms with van der Waals surface area (Å²) in [4.78, 5) is 13.2. The molecule has 0 spiro atoms. The average Bonchev–Trinajstić information content (AvgIpc) is 2.22. The maximum absolute atomic E-state index is 11.6. The van der Waals surface area contributed by atoms with Crippen LogP contribution in [-0.2, 0) is 4.79 Å². The number of ether oxygens (including phenoxy) is 1. The summed E-state index contributed by atoms with van der Waals surface area (Å²) in [5.41, 5.74) is 1.02. The minimum atomic E-state index is -0.469. The molecule has 1 unspecified atom stereocenters. The van der Waals surface area contributed by atoms with Gasteiger partial charge in [-0.3, -0.25) is 4.79 Å². The lowest BCUT2D eigenvalue weighted by atomic mass is 10.2. The number of carbonyl (C=O) groups is 1. The van der Waals surface area contributed by atoms with Gasteiger partial charge >= 0.3 is 0 Å². The summed E-state index contributed by atoms with van der Waals surface area (Å²) in [6, 6.07) is 5.77. The predicted molar refractivity (Wildman–Crippen MR) is 67.7 cm³/mol. The summed E-state index contributed by atoms with van der Waals surface area (Å²) in [5, 5.41) is 0. The zero-order valence-corrected chi connectivity index (χ0v) is 11.5. The molecule has 0 saturated heterocycles. The number of nitrogens with zero attached hydrogens (tertiary/aromatic N) is 1. The number of rotatable bonds is 3. The van der Waals surface area contributed by atoms with E-state index in [1.807, 2.05) is 25.1 Å². The monoisotopic (exact) mass is 285 g/mol. The molecule has 1 rings (SSSR count). The van der Waals surface area contributed by atoms with E-state index in [9.17, 15) is 4.79 Å². The summed E-state index contributed by atoms with van der Waals surface area (Å²) >= 11 is 3.38. The van der Waals surface area contributed by atoms with Crippen LogP contribution >= 0.6 is 15.9 Å². The highest BCUT2D eigenvalue weighted by Crippen LogP contribution is 2.24. The molecule has 1 amide bonds. The molecule has 0 heterocycles. The van der Waals surface area contributed by atoms with E-state index < -0.39 is 6.10 Å². The number of carbonyl (C=O) groups excluding carboxylic acids is 1. The summed E-state index contributed by atoms with van der Waals surface area (Å²) in [7, 11) is 3.44. The van der Waals surface area contributed by atoms with Crippen molar-refractivity contribution in [3.63, 3.8) is 0 Å². The number of halogens is 1. The third-order valence-corrected chi connectivity index (χ3v) is 2.74. The molecule has 0 fully saturated rings. The molecule has 1 aromatic rings. The Bertz CT molecular complexity index is 391. The quantitative estimate of drug-likeness (QED) is 0.854. The molecule has 0 aromatic heterocycles. The van der Waals surface area contributed by atoms with Crippen LogP contribution in [0.3, 0.4) is 0 Å². The number of hydrogen-bond donors (Lipinski definition) is 0. The van der Waals surface area contributed by atoms with Crippen LogP contribution in [0.1, 0.15) is 12.5 Å². The summed E-state index contributed by atoms with van der Waals surface area (Å²) in [6.07, 6.45) is -0.469. The molecule has 0 radical (unpaired) electrons. The Kier molecular flexibility index (Phi) is 4.35. The van der Waals surface area contributed by atoms with Gasteiger partial charge in [0, 0.05) is 18.6 Å². The largest absolute Gasteiger partial charge is 0.481 e. The van der Waals surface area contributed by atoms with Gasteiger partial charge < -0.3 is 9.64 Å². The first-order valence-electron chi connectivity index (χ1n) is 5.06. The van der Waals surface area contributed by atoms with Gasteiger partial charge in [-0.1, -0.05) is 22.0 Å². The zero-order chi connectivity index (χ0) is 12.3. The molecule has 0 saturated carbocycles. The maximum Gasteiger partial charge on any atom is 0.262 e. The third kappa shape index (κ3) is 3.23. The summed E-state index contributed by atoms with van der Waals surface area (Å²) in [6.45, 7) is 3.71. The first-order chi connectivity index (χ1) is 7.41. The fourth-order valence-corrected chi connectivity index (χ4v) is 1.65. The molecule has 0 aliphatic heterocycles. The number of hydrogen-bond acceptors (Lipinski definition) is 2. The van der Waals surface area contributed by atoms with Crippen LogP contribution in [-0.4, -0.2) is 31.0 Å². The van der Waals surface area contributed by atoms with E-state index in [0.29, 0.717) is 0 Å². The molecular formula is C12H16BrNO2. The van der Waals surface area contributed by atoms with Gasteiger partial charge in [0.2, 0.25) is 0 Å². The van der Waals surface area contributed by atoms with Gasteiger partial charge in [-0.15, -0.1) is 0 Å². The Morgan fingerprint density at radius 1 is 1.44 bits per heavy atom. The third-order valence-electron chi connectivity index (χ3n) is 2.24. The van der Waals surface area contributed by atoms with Gasteiger partial charge in [0.15, 0.2) is 6.10 Å². The van der Waals surface area contributed by atoms with E-state index >= 15 is 0 Å². The molecule has 4 heteroatoms. The van der Waals surface area contributed by atoms with Crippen LogP contribution in [0.25, 0.3) is 0 Å². The second-order valence-corrected chi connectivity index (χ2v) is 4.82. The van der Waals surface area contributed by atoms with E-state index in [1.165, 1.54) is 4.90 Å². The standard InChI is InChI=1S/C12H16BrNO2/c1-8-5-6-10(13)7-11(8)16-9(2)12(15)14(3)4/h5-7,9H,1-4H3. The topological polar surface area (TPSA) is 29.5 Å². The lowest BCUT2D eigenvalue weighted by Crippen LogP contribution is -2.35. The van der Waals surface area contributed by atoms with Crippen molar-refractivity contribution in [2.75, 3.05) is 14.1 Å². The van der Waals surface area contributed by atoms with Crippen molar-refractivity contribution in [3.05, 3.63) is 28.2 Å². The Hall–Kier alpha value is -1.03. The van der Waals surface area contributed by atoms with Gasteiger partial charge in [-0.2, -0.15) is 0 Å². The zero-order valence-electron chi connectivity index (χ0n) is 9.95. The van der Waals surface area contributed by atoms with Crippen molar-refractivity contribution in [2.45, 2.75) is 20.0 Å². The lowest BCUT2D eigenvalue weighted by molar-refractivity contribution is -0.135. The molecule has 0 aliphatic rings. The molecule has 0 aliphatic carbocycles. The van der Waals surface area contributed by atoms with Crippen molar-refractivity contribution in [2.24, 2.45) is 0 Å². The van der Waals surface area contributed by atoms with E-state index in [2.05, 4.69) is 15.9 Å². The molecule has 16 heavy (non-hydrogen) atoms. The molecule has 0 bridgehead atoms. The molecule has 0 N–H and O–H groups in total. The van der Waals surface area contributed by atoms with Crippen LogP contribution in [0.4, 0.5) is 0 Å². The molecule has 3 nitrogen and oxygen atoms in total. The van der Waals surface area contributed by atoms with Gasteiger partial charge in [-0.25, -0.2) is 0 Å². The van der Waals surface area contributed by atoms with E-state index in [1.54, 1.807) is 21.0 Å². The molecule has 1 atom stereocenters. The summed E-state index contributed by atoms with van der Waals surface area (Å²) < 4.78 is 6.57. The smallest absolute Gasteiger partial charge is 0.262 e. The second-order valence-electron chi connectivity index (χ2n) is 3.90. The van der Waals surface area contributed by atoms with Crippen LogP contribution in [0, 0.1) is 6.92 Å². The Morgan fingerprint density at radius 3 is 2.62 bits per heavy atom. The van der Waals surface area contributed by atoms with Crippen LogP contribution in [0.2, 0.25) is 0 Å². The van der Waals surface area contributed by atoms with Gasteiger partial charge in [-0.05, 0) is 31.5 Å². The van der Waals surface area contributed by atoms with E-state index in [0.717, 1.165) is 15.8 Å². The normalized spacial score (nSPS) is 12.1. The highest BCUT2D eigenvalue weighted by Gasteiger charge is 2.17. The Morgan fingerprint density at radius 2 is 2.06 bits per heavy atom. The highest BCUT2D eigenvalue weighted by atomic mass is 79.9. The molecule has 88 valence electrons. The van der Waals surface area contributed by atoms with Crippen LogP contribution in [0.5, 0.6) is 5.75 Å². The van der Waals surface area contributed by atoms with Crippen molar-refractivity contribution in [1.29, 1.82) is 0 Å². The summed E-state index contributed by atoms with van der Waals surface area (Å²) in [5.74, 6) is 0.691. The predicted octanol–water partition coefficient (Wildman–Crippen LogP) is 2.61. The van der Waals surface area contributed by atoms with Gasteiger partial charge in [0.05, 0.1) is 0 Å². The first-order valence-corrected chi connectivity index (χ1v) is 5.85. The van der Waals surface area contributed by atoms with E-state index in [-0.39, 0.29) is 5.91 Å². The van der Waals surface area contributed by atoms with E-state index in [4.69, 9.17) is 4.74 Å². The fraction of sp³-hybridized carbons (Fsp3) is 0.417. The lowest BCUT2D eigenvalue weighted by Gasteiger charge is -2.19. The molecular weight excluding hydrogens is 270 g/mol. The first kappa shape index (κ1) is 13.0. The average molecular weight is 286 g/mol. The number of aryl methyl sites for hydroxylation is 1. The number of benzene rings is 1. The van der Waals surface area contributed by atoms with Crippen molar-refractivity contribution in [1.82, 2.24) is 4.90 Å². The van der Waals surface area contributed by atoms with Gasteiger partial charge in [0.1, 0.15) is 5.75 Å². The Labute approximate surface area is 105 Å². The second kappa shape index (κ2) is 5.34. The minimum Gasteiger partial charge on any atom is -0.481 e. The minimum absolute atomic E-state index is 0.0422. The van der Waals surface area contributed by atoms with Gasteiger partial charge in [0.25, 0.3) is 5.91 Å². The highest BCUT2D eigenvalue weighted by molar-refractivity contribution is 9.10. The van der Waals surface area contributed by atoms with Crippen molar-refractivity contribution >= 4 is 21.8 Å². The number of amides is 1. The van der Waals surface area contributed by atoms with Crippen LogP contribution in [0.15, 0.2) is 22.7 Å². The van der Waals surface area contributed by atoms with Crippen molar-refractivity contribution < 1.29 is 9.53 Å². The van der Waals surface area contributed by atoms with Crippen LogP contribution < -0.4 is 4.74 Å². The molecule has 1 aromatic carbocycles. The fourth-order valence-electron chi connectivity index (χ4n) is 1.31. The SMILES string of the molecule is Cc1ccc(Br)cc1OC(C)C(=O)N(C)C. The maximum atomic E-state index is 11.6. The Balaban J connectivity index is 2.80. The number of likely N-dealkylation sites (N-methyl/N-ethyl adjacent to an activating group) is 1. The van der Waals surface area contributed by atoms with Crippen molar-refractivity contribution in [3.8, 4) is 5.75 Å².